The number of hydrogen-bond donors (Lipinski definition) is 1. The summed E-state index contributed by atoms with van der Waals surface area (Å²) in [4.78, 5) is 5.57. The van der Waals surface area contributed by atoms with E-state index in [1.165, 1.54) is 16.4 Å². The Kier molecular flexibility index (Phi) is 3.87. The standard InChI is InChI=1S/C15H13N5O2S2/c1-9-10(17-14(22-9)12-5-3-7-23-12)8-24-15-19-18-13(20(15)16)11-4-2-6-21-11/h2-7H,8,16H2,1H3. The lowest BCUT2D eigenvalue weighted by molar-refractivity contribution is 0.542. The van der Waals surface area contributed by atoms with Gasteiger partial charge in [0.2, 0.25) is 16.9 Å². The largest absolute Gasteiger partial charge is 0.461 e. The molecule has 0 saturated heterocycles. The molecule has 0 spiro atoms. The summed E-state index contributed by atoms with van der Waals surface area (Å²) in [5.41, 5.74) is 0.867. The molecule has 0 unspecified atom stereocenters. The zero-order valence-electron chi connectivity index (χ0n) is 12.7. The molecule has 0 atom stereocenters. The number of nitrogens with zero attached hydrogens (tertiary/aromatic N) is 4. The lowest BCUT2D eigenvalue weighted by Gasteiger charge is -2.00. The van der Waals surface area contributed by atoms with Crippen molar-refractivity contribution in [1.82, 2.24) is 19.9 Å². The molecule has 7 nitrogen and oxygen atoms in total. The molecule has 9 heteroatoms. The molecule has 4 aromatic heterocycles. The molecule has 0 aromatic carbocycles. The maximum absolute atomic E-state index is 6.05. The lowest BCUT2D eigenvalue weighted by atomic mass is 10.4. The van der Waals surface area contributed by atoms with Crippen LogP contribution in [-0.4, -0.2) is 19.9 Å². The normalized spacial score (nSPS) is 11.2. The lowest BCUT2D eigenvalue weighted by Crippen LogP contribution is -2.11. The number of aryl methyl sites for hydroxylation is 1. The maximum Gasteiger partial charge on any atom is 0.236 e. The Morgan fingerprint density at radius 1 is 1.29 bits per heavy atom. The van der Waals surface area contributed by atoms with Crippen LogP contribution in [0.1, 0.15) is 11.5 Å². The van der Waals surface area contributed by atoms with Crippen LogP contribution in [0.2, 0.25) is 0 Å². The number of rotatable bonds is 5. The molecule has 0 radical (unpaired) electrons. The third-order valence-electron chi connectivity index (χ3n) is 3.37. The monoisotopic (exact) mass is 359 g/mol. The second-order valence-corrected chi connectivity index (χ2v) is 6.83. The Morgan fingerprint density at radius 2 is 2.21 bits per heavy atom. The van der Waals surface area contributed by atoms with Gasteiger partial charge in [-0.2, -0.15) is 0 Å². The zero-order valence-corrected chi connectivity index (χ0v) is 14.3. The fourth-order valence-electron chi connectivity index (χ4n) is 2.15. The van der Waals surface area contributed by atoms with Crippen LogP contribution in [-0.2, 0) is 5.75 Å². The quantitative estimate of drug-likeness (QED) is 0.430. The van der Waals surface area contributed by atoms with Crippen LogP contribution < -0.4 is 5.84 Å². The van der Waals surface area contributed by atoms with E-state index >= 15 is 0 Å². The number of nitrogens with two attached hydrogens (primary N) is 1. The van der Waals surface area contributed by atoms with E-state index < -0.39 is 0 Å². The first-order valence-corrected chi connectivity index (χ1v) is 8.96. The molecule has 0 aliphatic rings. The smallest absolute Gasteiger partial charge is 0.236 e. The Morgan fingerprint density at radius 3 is 2.96 bits per heavy atom. The molecule has 0 saturated carbocycles. The van der Waals surface area contributed by atoms with Gasteiger partial charge in [0.15, 0.2) is 5.76 Å². The summed E-state index contributed by atoms with van der Waals surface area (Å²) in [5, 5.41) is 10.8. The molecule has 0 aliphatic carbocycles. The van der Waals surface area contributed by atoms with Crippen LogP contribution in [0.3, 0.4) is 0 Å². The summed E-state index contributed by atoms with van der Waals surface area (Å²) in [6.07, 6.45) is 1.57. The second kappa shape index (κ2) is 6.17. The van der Waals surface area contributed by atoms with Crippen molar-refractivity contribution >= 4 is 23.1 Å². The first kappa shape index (κ1) is 15.0. The van der Waals surface area contributed by atoms with Gasteiger partial charge in [0.25, 0.3) is 0 Å². The average Bonchev–Trinajstić information content (AvgIpc) is 3.34. The summed E-state index contributed by atoms with van der Waals surface area (Å²) in [6.45, 7) is 1.90. The molecule has 122 valence electrons. The van der Waals surface area contributed by atoms with E-state index in [4.69, 9.17) is 14.7 Å². The van der Waals surface area contributed by atoms with Gasteiger partial charge >= 0.3 is 0 Å². The van der Waals surface area contributed by atoms with Crippen LogP contribution in [0.15, 0.2) is 49.9 Å². The predicted octanol–water partition coefficient (Wildman–Crippen LogP) is 3.57. The van der Waals surface area contributed by atoms with E-state index in [1.54, 1.807) is 29.7 Å². The summed E-state index contributed by atoms with van der Waals surface area (Å²) in [5.74, 6) is 9.14. The first-order chi connectivity index (χ1) is 11.7. The van der Waals surface area contributed by atoms with Gasteiger partial charge in [-0.25, -0.2) is 9.66 Å². The first-order valence-electron chi connectivity index (χ1n) is 7.09. The maximum atomic E-state index is 6.05. The predicted molar refractivity (Wildman–Crippen MR) is 92.0 cm³/mol. The van der Waals surface area contributed by atoms with Gasteiger partial charge in [-0.1, -0.05) is 17.8 Å². The van der Waals surface area contributed by atoms with E-state index in [1.807, 2.05) is 24.4 Å². The Balaban J connectivity index is 1.52. The van der Waals surface area contributed by atoms with Crippen LogP contribution in [0.4, 0.5) is 0 Å². The van der Waals surface area contributed by atoms with Gasteiger partial charge < -0.3 is 14.7 Å². The third-order valence-corrected chi connectivity index (χ3v) is 5.18. The summed E-state index contributed by atoms with van der Waals surface area (Å²) in [6, 6.07) is 7.53. The fourth-order valence-corrected chi connectivity index (χ4v) is 3.66. The molecular weight excluding hydrogens is 346 g/mol. The minimum Gasteiger partial charge on any atom is -0.461 e. The minimum atomic E-state index is 0.485. The highest BCUT2D eigenvalue weighted by atomic mass is 32.2. The van der Waals surface area contributed by atoms with E-state index in [0.29, 0.717) is 28.4 Å². The second-order valence-electron chi connectivity index (χ2n) is 4.94. The number of aromatic nitrogens is 4. The van der Waals surface area contributed by atoms with Crippen LogP contribution in [0.25, 0.3) is 22.4 Å². The molecule has 4 aromatic rings. The molecule has 4 rings (SSSR count). The van der Waals surface area contributed by atoms with Crippen molar-refractivity contribution in [2.75, 3.05) is 5.84 Å². The number of nitrogen functional groups attached to an aromatic ring is 1. The van der Waals surface area contributed by atoms with Crippen molar-refractivity contribution in [2.45, 2.75) is 17.8 Å². The van der Waals surface area contributed by atoms with Crippen molar-refractivity contribution in [2.24, 2.45) is 0 Å². The fraction of sp³-hybridized carbons (Fsp3) is 0.133. The van der Waals surface area contributed by atoms with Crippen molar-refractivity contribution < 1.29 is 8.83 Å². The third kappa shape index (κ3) is 2.72. The van der Waals surface area contributed by atoms with Gasteiger partial charge in [-0.05, 0) is 30.5 Å². The Hall–Kier alpha value is -2.52. The van der Waals surface area contributed by atoms with E-state index in [2.05, 4.69) is 15.2 Å². The molecule has 24 heavy (non-hydrogen) atoms. The molecule has 0 amide bonds. The highest BCUT2D eigenvalue weighted by Gasteiger charge is 2.17. The van der Waals surface area contributed by atoms with Crippen LogP contribution >= 0.6 is 23.1 Å². The molecule has 0 aliphatic heterocycles. The van der Waals surface area contributed by atoms with Gasteiger partial charge in [-0.15, -0.1) is 21.5 Å². The molecule has 2 N–H and O–H groups in total. The van der Waals surface area contributed by atoms with Crippen molar-refractivity contribution in [3.05, 3.63) is 47.4 Å². The average molecular weight is 359 g/mol. The van der Waals surface area contributed by atoms with E-state index in [-0.39, 0.29) is 0 Å². The summed E-state index contributed by atoms with van der Waals surface area (Å²) >= 11 is 3.04. The summed E-state index contributed by atoms with van der Waals surface area (Å²) in [7, 11) is 0. The minimum absolute atomic E-state index is 0.485. The molecule has 0 fully saturated rings. The SMILES string of the molecule is Cc1oc(-c2cccs2)nc1CSc1nnc(-c2ccco2)n1N. The van der Waals surface area contributed by atoms with Crippen molar-refractivity contribution in [1.29, 1.82) is 0 Å². The van der Waals surface area contributed by atoms with Gasteiger partial charge in [0.05, 0.1) is 16.8 Å². The zero-order chi connectivity index (χ0) is 16.5. The van der Waals surface area contributed by atoms with Crippen LogP contribution in [0.5, 0.6) is 0 Å². The number of furan rings is 1. The van der Waals surface area contributed by atoms with Crippen molar-refractivity contribution in [3.8, 4) is 22.4 Å². The van der Waals surface area contributed by atoms with Gasteiger partial charge in [-0.3, -0.25) is 0 Å². The Labute approximate surface area is 145 Å². The van der Waals surface area contributed by atoms with Crippen molar-refractivity contribution in [3.63, 3.8) is 0 Å². The Bertz CT molecular complexity index is 939. The van der Waals surface area contributed by atoms with Gasteiger partial charge in [0, 0.05) is 5.75 Å². The molecular formula is C15H13N5O2S2. The topological polar surface area (TPSA) is 95.9 Å². The highest BCUT2D eigenvalue weighted by Crippen LogP contribution is 2.29. The van der Waals surface area contributed by atoms with Gasteiger partial charge in [0.1, 0.15) is 5.76 Å². The van der Waals surface area contributed by atoms with E-state index in [9.17, 15) is 0 Å². The number of thiophene rings is 1. The number of hydrogen-bond acceptors (Lipinski definition) is 8. The molecule has 4 heterocycles. The summed E-state index contributed by atoms with van der Waals surface area (Å²) < 4.78 is 12.5. The van der Waals surface area contributed by atoms with E-state index in [0.717, 1.165) is 16.3 Å². The highest BCUT2D eigenvalue weighted by molar-refractivity contribution is 7.98. The number of thioether (sulfide) groups is 1. The van der Waals surface area contributed by atoms with Crippen LogP contribution in [0, 0.1) is 6.92 Å². The molecule has 0 bridgehead atoms. The number of oxazole rings is 1.